The van der Waals surface area contributed by atoms with Gasteiger partial charge in [-0.1, -0.05) is 17.7 Å². The Morgan fingerprint density at radius 2 is 2.44 bits per heavy atom. The number of allylic oxidation sites excluding steroid dienone is 1. The summed E-state index contributed by atoms with van der Waals surface area (Å²) in [4.78, 5) is 0. The fraction of sp³-hybridized carbons (Fsp3) is 0.333. The van der Waals surface area contributed by atoms with E-state index in [1.807, 2.05) is 0 Å². The van der Waals surface area contributed by atoms with Crippen LogP contribution in [0, 0.1) is 0 Å². The molecule has 1 aliphatic rings. The molecule has 1 aliphatic carbocycles. The van der Waals surface area contributed by atoms with E-state index in [-0.39, 0.29) is 6.10 Å². The topological polar surface area (TPSA) is 48.9 Å². The summed E-state index contributed by atoms with van der Waals surface area (Å²) >= 11 is 5.61. The number of rotatable bonds is 0. The Morgan fingerprint density at radius 3 is 2.89 bits per heavy atom. The van der Waals surface area contributed by atoms with Crippen LogP contribution in [0.1, 0.15) is 6.42 Å². The van der Waals surface area contributed by atoms with Crippen molar-refractivity contribution in [3.8, 4) is 0 Å². The fourth-order valence-corrected chi connectivity index (χ4v) is 0.922. The van der Waals surface area contributed by atoms with E-state index < -0.39 is 0 Å². The van der Waals surface area contributed by atoms with E-state index in [0.29, 0.717) is 17.2 Å². The molecule has 0 radical (unpaired) electrons. The van der Waals surface area contributed by atoms with Gasteiger partial charge in [-0.25, -0.2) is 0 Å². The van der Waals surface area contributed by atoms with E-state index in [9.17, 15) is 0 Å². The molecular weight excluding hydrogens is 138 g/mol. The smallest absolute Gasteiger partial charge is 0.178 e. The Balaban J connectivity index is 2.75. The van der Waals surface area contributed by atoms with Crippen molar-refractivity contribution in [3.05, 3.63) is 22.9 Å². The predicted octanol–water partition coefficient (Wildman–Crippen LogP) is 0.449. The summed E-state index contributed by atoms with van der Waals surface area (Å²) in [7, 11) is 0. The molecule has 0 amide bonds. The molecule has 0 heterocycles. The first kappa shape index (κ1) is 6.65. The van der Waals surface area contributed by atoms with Crippen molar-refractivity contribution in [1.82, 2.24) is 0 Å². The van der Waals surface area contributed by atoms with Crippen LogP contribution in [0.4, 0.5) is 0 Å². The van der Waals surface area contributed by atoms with Crippen LogP contribution in [0.5, 0.6) is 0 Å². The molecule has 0 saturated heterocycles. The van der Waals surface area contributed by atoms with Crippen molar-refractivity contribution in [2.24, 2.45) is 5.73 Å². The number of nitrogens with two attached hydrogens (primary N) is 1. The van der Waals surface area contributed by atoms with E-state index in [4.69, 9.17) is 22.4 Å². The van der Waals surface area contributed by atoms with Crippen LogP contribution in [-0.2, 0) is 0 Å². The third-order valence-electron chi connectivity index (χ3n) is 1.21. The zero-order valence-electron chi connectivity index (χ0n) is 4.89. The second-order valence-corrected chi connectivity index (χ2v) is 2.42. The predicted molar refractivity (Wildman–Crippen MR) is 38.2 cm³/mol. The molecule has 0 aromatic carbocycles. The van der Waals surface area contributed by atoms with Crippen molar-refractivity contribution in [1.29, 1.82) is 0 Å². The summed E-state index contributed by atoms with van der Waals surface area (Å²) in [6.07, 6.45) is 3.91. The Labute approximate surface area is 58.6 Å². The van der Waals surface area contributed by atoms with Gasteiger partial charge in [0.15, 0.2) is 6.10 Å². The van der Waals surface area contributed by atoms with Crippen LogP contribution in [0.15, 0.2) is 22.9 Å². The van der Waals surface area contributed by atoms with Crippen molar-refractivity contribution in [2.45, 2.75) is 12.5 Å². The summed E-state index contributed by atoms with van der Waals surface area (Å²) in [6, 6.07) is 0. The van der Waals surface area contributed by atoms with Crippen LogP contribution in [-0.4, -0.2) is 11.2 Å². The SMILES string of the molecule is NC1=CCC([OH2+])C=C1Cl. The number of halogens is 1. The molecule has 0 saturated carbocycles. The summed E-state index contributed by atoms with van der Waals surface area (Å²) in [5.41, 5.74) is 6.02. The van der Waals surface area contributed by atoms with Gasteiger partial charge in [0.05, 0.1) is 5.03 Å². The summed E-state index contributed by atoms with van der Waals surface area (Å²) in [5, 5.41) is 7.75. The first-order chi connectivity index (χ1) is 4.20. The minimum absolute atomic E-state index is 0.204. The average Bonchev–Trinajstić information content (AvgIpc) is 1.80. The highest BCUT2D eigenvalue weighted by molar-refractivity contribution is 6.32. The second-order valence-electron chi connectivity index (χ2n) is 2.02. The Morgan fingerprint density at radius 1 is 1.78 bits per heavy atom. The van der Waals surface area contributed by atoms with E-state index in [1.54, 1.807) is 12.2 Å². The molecule has 1 rings (SSSR count). The van der Waals surface area contributed by atoms with Gasteiger partial charge in [-0.05, 0) is 0 Å². The molecule has 4 N–H and O–H groups in total. The summed E-state index contributed by atoms with van der Waals surface area (Å²) in [5.74, 6) is 0. The molecule has 3 heteroatoms. The monoisotopic (exact) mass is 146 g/mol. The Hall–Kier alpha value is -0.470. The first-order valence-electron chi connectivity index (χ1n) is 2.74. The van der Waals surface area contributed by atoms with Crippen LogP contribution in [0.25, 0.3) is 0 Å². The zero-order valence-corrected chi connectivity index (χ0v) is 5.65. The van der Waals surface area contributed by atoms with Crippen molar-refractivity contribution in [2.75, 3.05) is 0 Å². The van der Waals surface area contributed by atoms with E-state index in [2.05, 4.69) is 0 Å². The lowest BCUT2D eigenvalue weighted by molar-refractivity contribution is 0.225. The number of hydrogen-bond acceptors (Lipinski definition) is 1. The molecule has 0 aliphatic heterocycles. The normalized spacial score (nSPS) is 27.1. The minimum Gasteiger partial charge on any atom is -0.440 e. The van der Waals surface area contributed by atoms with Gasteiger partial charge in [0.25, 0.3) is 0 Å². The molecule has 0 aromatic rings. The van der Waals surface area contributed by atoms with Crippen LogP contribution >= 0.6 is 11.6 Å². The van der Waals surface area contributed by atoms with Gasteiger partial charge in [0.1, 0.15) is 0 Å². The van der Waals surface area contributed by atoms with E-state index in [1.165, 1.54) is 0 Å². The molecule has 0 fully saturated rings. The zero-order chi connectivity index (χ0) is 6.85. The number of hydrogen-bond donors (Lipinski definition) is 1. The first-order valence-corrected chi connectivity index (χ1v) is 3.12. The maximum absolute atomic E-state index is 7.23. The van der Waals surface area contributed by atoms with Crippen molar-refractivity contribution in [3.63, 3.8) is 0 Å². The molecule has 1 atom stereocenters. The molecule has 9 heavy (non-hydrogen) atoms. The largest absolute Gasteiger partial charge is 0.440 e. The van der Waals surface area contributed by atoms with Gasteiger partial charge in [0.2, 0.25) is 0 Å². The highest BCUT2D eigenvalue weighted by atomic mass is 35.5. The van der Waals surface area contributed by atoms with Gasteiger partial charge in [-0.15, -0.1) is 0 Å². The molecule has 2 nitrogen and oxygen atoms in total. The minimum atomic E-state index is -0.204. The molecular formula is C6H9ClNO+. The van der Waals surface area contributed by atoms with Crippen LogP contribution in [0.2, 0.25) is 0 Å². The molecule has 0 bridgehead atoms. The summed E-state index contributed by atoms with van der Waals surface area (Å²) in [6.45, 7) is 0. The van der Waals surface area contributed by atoms with Crippen LogP contribution in [0.3, 0.4) is 0 Å². The van der Waals surface area contributed by atoms with E-state index in [0.717, 1.165) is 0 Å². The van der Waals surface area contributed by atoms with Crippen molar-refractivity contribution >= 4 is 11.6 Å². The molecule has 50 valence electrons. The van der Waals surface area contributed by atoms with E-state index >= 15 is 0 Å². The van der Waals surface area contributed by atoms with Gasteiger partial charge >= 0.3 is 0 Å². The highest BCUT2D eigenvalue weighted by Crippen LogP contribution is 2.17. The lowest BCUT2D eigenvalue weighted by Gasteiger charge is -2.07. The summed E-state index contributed by atoms with van der Waals surface area (Å²) < 4.78 is 0. The Kier molecular flexibility index (Phi) is 1.78. The Bertz CT molecular complexity index is 174. The third-order valence-corrected chi connectivity index (χ3v) is 1.56. The molecule has 0 spiro atoms. The maximum Gasteiger partial charge on any atom is 0.178 e. The lowest BCUT2D eigenvalue weighted by Crippen LogP contribution is -2.10. The highest BCUT2D eigenvalue weighted by Gasteiger charge is 2.11. The average molecular weight is 147 g/mol. The lowest BCUT2D eigenvalue weighted by atomic mass is 10.1. The van der Waals surface area contributed by atoms with Crippen molar-refractivity contribution < 1.29 is 5.11 Å². The van der Waals surface area contributed by atoms with Gasteiger partial charge in [-0.3, -0.25) is 0 Å². The third kappa shape index (κ3) is 1.47. The van der Waals surface area contributed by atoms with Crippen LogP contribution < -0.4 is 5.73 Å². The fourth-order valence-electron chi connectivity index (χ4n) is 0.692. The van der Waals surface area contributed by atoms with Gasteiger partial charge in [0, 0.05) is 18.2 Å². The van der Waals surface area contributed by atoms with Gasteiger partial charge < -0.3 is 10.8 Å². The maximum atomic E-state index is 7.23. The molecule has 1 unspecified atom stereocenters. The standard InChI is InChI=1S/C6H8ClNO/c7-5-3-4(9)1-2-6(5)8/h2-4,9H,1,8H2/p+1. The quantitative estimate of drug-likeness (QED) is 0.496. The van der Waals surface area contributed by atoms with Gasteiger partial charge in [-0.2, -0.15) is 0 Å². The second kappa shape index (κ2) is 2.42. The molecule has 0 aromatic heterocycles.